The van der Waals surface area contributed by atoms with E-state index in [0.717, 1.165) is 36.1 Å². The summed E-state index contributed by atoms with van der Waals surface area (Å²) >= 11 is 0. The van der Waals surface area contributed by atoms with E-state index in [9.17, 15) is 10.1 Å². The lowest BCUT2D eigenvalue weighted by Gasteiger charge is -2.39. The van der Waals surface area contributed by atoms with Gasteiger partial charge >= 0.3 is 0 Å². The second-order valence-electron chi connectivity index (χ2n) is 10.3. The summed E-state index contributed by atoms with van der Waals surface area (Å²) in [5.41, 5.74) is 2.35. The number of pyridine rings is 1. The number of methoxy groups -OCH3 is 1. The molecule has 2 fully saturated rings. The number of likely N-dealkylation sites (tertiary alicyclic amines) is 1. The summed E-state index contributed by atoms with van der Waals surface area (Å²) in [5, 5.41) is 12.8. The van der Waals surface area contributed by atoms with Gasteiger partial charge in [0, 0.05) is 24.1 Å². The number of ether oxygens (including phenoxy) is 2. The highest BCUT2D eigenvalue weighted by atomic mass is 16.5. The summed E-state index contributed by atoms with van der Waals surface area (Å²) in [7, 11) is 1.59. The van der Waals surface area contributed by atoms with E-state index >= 15 is 0 Å². The number of nitrogens with zero attached hydrogens (tertiary/aromatic N) is 3. The molecule has 1 aromatic carbocycles. The standard InChI is InChI=1S/C28H34N4O3/c1-18(35-28(2,3)4)32-23-14-13-21(16-23)26(32)27(33)30-22(17-29)15-19-9-11-20(12-10-19)24-7-6-8-25(31-24)34-5/h6-12,21-23,26H,1,13-16H2,2-5H3,(H,30,33)/t21-,22-,23+,26-/m0/s1. The molecule has 184 valence electrons. The van der Waals surface area contributed by atoms with Crippen molar-refractivity contribution in [1.82, 2.24) is 15.2 Å². The van der Waals surface area contributed by atoms with Crippen LogP contribution in [0.3, 0.4) is 0 Å². The number of amides is 1. The van der Waals surface area contributed by atoms with Gasteiger partial charge in [0.1, 0.15) is 17.7 Å². The number of piperidine rings is 1. The normalized spacial score (nSPS) is 21.8. The molecule has 0 radical (unpaired) electrons. The van der Waals surface area contributed by atoms with E-state index in [1.807, 2.05) is 62.1 Å². The van der Waals surface area contributed by atoms with E-state index in [0.29, 0.717) is 18.2 Å². The molecule has 1 amide bonds. The molecule has 7 nitrogen and oxygen atoms in total. The van der Waals surface area contributed by atoms with Crippen LogP contribution in [-0.2, 0) is 16.0 Å². The molecule has 2 bridgehead atoms. The van der Waals surface area contributed by atoms with Crippen LogP contribution in [-0.4, -0.2) is 46.6 Å². The van der Waals surface area contributed by atoms with Crippen molar-refractivity contribution >= 4 is 5.91 Å². The number of rotatable bonds is 8. The van der Waals surface area contributed by atoms with Crippen LogP contribution in [0.1, 0.15) is 45.6 Å². The topological polar surface area (TPSA) is 87.5 Å². The molecular weight excluding hydrogens is 440 g/mol. The highest BCUT2D eigenvalue weighted by Crippen LogP contribution is 2.45. The third-order valence-electron chi connectivity index (χ3n) is 6.66. The minimum absolute atomic E-state index is 0.125. The molecule has 7 heteroatoms. The first-order chi connectivity index (χ1) is 16.7. The van der Waals surface area contributed by atoms with Crippen LogP contribution in [0, 0.1) is 17.2 Å². The molecular formula is C28H34N4O3. The molecule has 1 N–H and O–H groups in total. The highest BCUT2D eigenvalue weighted by molar-refractivity contribution is 5.83. The second kappa shape index (κ2) is 9.99. The molecule has 2 aliphatic rings. The lowest BCUT2D eigenvalue weighted by molar-refractivity contribution is -0.130. The van der Waals surface area contributed by atoms with Crippen LogP contribution in [0.5, 0.6) is 5.88 Å². The van der Waals surface area contributed by atoms with Gasteiger partial charge in [-0.1, -0.05) is 30.3 Å². The fourth-order valence-corrected chi connectivity index (χ4v) is 5.21. The van der Waals surface area contributed by atoms with Gasteiger partial charge in [-0.05, 0) is 64.2 Å². The van der Waals surface area contributed by atoms with Gasteiger partial charge in [-0.25, -0.2) is 4.98 Å². The summed E-state index contributed by atoms with van der Waals surface area (Å²) in [4.78, 5) is 19.9. The van der Waals surface area contributed by atoms with E-state index < -0.39 is 6.04 Å². The number of nitrogens with one attached hydrogen (secondary N) is 1. The van der Waals surface area contributed by atoms with Crippen LogP contribution in [0.2, 0.25) is 0 Å². The number of aromatic nitrogens is 1. The average Bonchev–Trinajstić information content (AvgIpc) is 3.45. The van der Waals surface area contributed by atoms with Crippen LogP contribution in [0.4, 0.5) is 0 Å². The quantitative estimate of drug-likeness (QED) is 0.569. The molecule has 1 aliphatic carbocycles. The minimum atomic E-state index is -0.624. The maximum Gasteiger partial charge on any atom is 0.244 e. The van der Waals surface area contributed by atoms with Gasteiger partial charge in [-0.2, -0.15) is 5.26 Å². The van der Waals surface area contributed by atoms with E-state index in [2.05, 4.69) is 22.9 Å². The Labute approximate surface area is 207 Å². The lowest BCUT2D eigenvalue weighted by atomic mass is 9.97. The van der Waals surface area contributed by atoms with Crippen molar-refractivity contribution in [3.8, 4) is 23.2 Å². The SMILES string of the molecule is C=C(OC(C)(C)C)N1[C@@H]2CC[C@@H](C2)[C@H]1C(=O)N[C@H](C#N)Cc1ccc(-c2cccc(OC)n2)cc1. The number of hydrogen-bond acceptors (Lipinski definition) is 6. The second-order valence-corrected chi connectivity index (χ2v) is 10.3. The minimum Gasteiger partial charge on any atom is -0.481 e. The summed E-state index contributed by atoms with van der Waals surface area (Å²) in [6.45, 7) is 10.1. The monoisotopic (exact) mass is 474 g/mol. The summed E-state index contributed by atoms with van der Waals surface area (Å²) in [6.07, 6.45) is 3.44. The number of benzene rings is 1. The Morgan fingerprint density at radius 1 is 1.26 bits per heavy atom. The third-order valence-corrected chi connectivity index (χ3v) is 6.66. The Morgan fingerprint density at radius 2 is 2.00 bits per heavy atom. The molecule has 2 heterocycles. The van der Waals surface area contributed by atoms with Gasteiger partial charge < -0.3 is 19.7 Å². The first kappa shape index (κ1) is 24.6. The van der Waals surface area contributed by atoms with Gasteiger partial charge in [-0.3, -0.25) is 4.79 Å². The van der Waals surface area contributed by atoms with Gasteiger partial charge in [0.05, 0.1) is 18.9 Å². The first-order valence-electron chi connectivity index (χ1n) is 12.1. The Morgan fingerprint density at radius 3 is 2.66 bits per heavy atom. The fourth-order valence-electron chi connectivity index (χ4n) is 5.21. The summed E-state index contributed by atoms with van der Waals surface area (Å²) in [5.74, 6) is 1.23. The van der Waals surface area contributed by atoms with Gasteiger partial charge in [0.2, 0.25) is 11.8 Å². The average molecular weight is 475 g/mol. The predicted octanol–water partition coefficient (Wildman–Crippen LogP) is 4.45. The van der Waals surface area contributed by atoms with E-state index in [1.54, 1.807) is 13.2 Å². The number of fused-ring (bicyclic) bond motifs is 2. The summed E-state index contributed by atoms with van der Waals surface area (Å²) in [6, 6.07) is 15.1. The van der Waals surface area contributed by atoms with Crippen LogP contribution < -0.4 is 10.1 Å². The molecule has 2 aromatic rings. The molecule has 35 heavy (non-hydrogen) atoms. The lowest BCUT2D eigenvalue weighted by Crippen LogP contribution is -2.52. The largest absolute Gasteiger partial charge is 0.481 e. The van der Waals surface area contributed by atoms with E-state index in [-0.39, 0.29) is 29.5 Å². The molecule has 1 aliphatic heterocycles. The van der Waals surface area contributed by atoms with E-state index in [4.69, 9.17) is 9.47 Å². The maximum absolute atomic E-state index is 13.4. The van der Waals surface area contributed by atoms with Crippen molar-refractivity contribution in [3.63, 3.8) is 0 Å². The molecule has 1 saturated carbocycles. The first-order valence-corrected chi connectivity index (χ1v) is 12.1. The van der Waals surface area contributed by atoms with Gasteiger partial charge in [-0.15, -0.1) is 0 Å². The van der Waals surface area contributed by atoms with E-state index in [1.165, 1.54) is 0 Å². The van der Waals surface area contributed by atoms with Crippen molar-refractivity contribution in [2.75, 3.05) is 7.11 Å². The zero-order valence-corrected chi connectivity index (χ0v) is 21.0. The van der Waals surface area contributed by atoms with Crippen molar-refractivity contribution < 1.29 is 14.3 Å². The number of carbonyl (C=O) groups excluding carboxylic acids is 1. The Bertz CT molecular complexity index is 1120. The molecule has 0 unspecified atom stereocenters. The molecule has 0 spiro atoms. The molecule has 4 rings (SSSR count). The van der Waals surface area contributed by atoms with Crippen LogP contribution in [0.25, 0.3) is 11.3 Å². The smallest absolute Gasteiger partial charge is 0.244 e. The van der Waals surface area contributed by atoms with Crippen LogP contribution >= 0.6 is 0 Å². The fraction of sp³-hybridized carbons (Fsp3) is 0.464. The third kappa shape index (κ3) is 5.59. The zero-order valence-electron chi connectivity index (χ0n) is 21.0. The zero-order chi connectivity index (χ0) is 25.2. The van der Waals surface area contributed by atoms with Gasteiger partial charge in [0.15, 0.2) is 5.88 Å². The van der Waals surface area contributed by atoms with Crippen molar-refractivity contribution in [3.05, 3.63) is 60.5 Å². The predicted molar refractivity (Wildman–Crippen MR) is 134 cm³/mol. The number of hydrogen-bond donors (Lipinski definition) is 1. The molecule has 1 aromatic heterocycles. The molecule has 1 saturated heterocycles. The number of nitriles is 1. The number of carbonyl (C=O) groups is 1. The highest BCUT2D eigenvalue weighted by Gasteiger charge is 2.50. The van der Waals surface area contributed by atoms with Crippen molar-refractivity contribution in [1.29, 1.82) is 5.26 Å². The Balaban J connectivity index is 1.42. The Kier molecular flexibility index (Phi) is 7.02. The Hall–Kier alpha value is -3.53. The van der Waals surface area contributed by atoms with Gasteiger partial charge in [0.25, 0.3) is 0 Å². The van der Waals surface area contributed by atoms with Crippen molar-refractivity contribution in [2.45, 2.75) is 70.2 Å². The van der Waals surface area contributed by atoms with Crippen molar-refractivity contribution in [2.24, 2.45) is 5.92 Å². The van der Waals surface area contributed by atoms with Crippen LogP contribution in [0.15, 0.2) is 54.9 Å². The summed E-state index contributed by atoms with van der Waals surface area (Å²) < 4.78 is 11.2. The molecule has 4 atom stereocenters. The maximum atomic E-state index is 13.4.